The fraction of sp³-hybridized carbons (Fsp3) is 0.304. The van der Waals surface area contributed by atoms with Crippen LogP contribution in [-0.2, 0) is 0 Å². The fourth-order valence-corrected chi connectivity index (χ4v) is 3.74. The first-order chi connectivity index (χ1) is 17.0. The zero-order valence-electron chi connectivity index (χ0n) is 19.1. The molecule has 0 amide bonds. The third-order valence-corrected chi connectivity index (χ3v) is 5.86. The highest BCUT2D eigenvalue weighted by atomic mass is 35.5. The second-order valence-electron chi connectivity index (χ2n) is 7.84. The molecule has 0 fully saturated rings. The zero-order chi connectivity index (χ0) is 26.2. The van der Waals surface area contributed by atoms with Gasteiger partial charge in [0.05, 0.1) is 11.1 Å². The van der Waals surface area contributed by atoms with E-state index in [0.717, 1.165) is 19.1 Å². The normalized spacial score (nSPS) is 14.8. The number of amidine groups is 1. The van der Waals surface area contributed by atoms with Crippen molar-refractivity contribution in [3.05, 3.63) is 47.4 Å². The van der Waals surface area contributed by atoms with E-state index in [1.165, 1.54) is 23.3 Å². The van der Waals surface area contributed by atoms with Gasteiger partial charge in [-0.15, -0.1) is 0 Å². The van der Waals surface area contributed by atoms with Gasteiger partial charge in [-0.1, -0.05) is 11.6 Å². The number of anilines is 1. The molecule has 1 aliphatic rings. The summed E-state index contributed by atoms with van der Waals surface area (Å²) in [6.45, 7) is 3.21. The molecule has 0 unspecified atom stereocenters. The number of likely N-dealkylation sites (N-methyl/N-ethyl adjacent to an activating group) is 1. The average Bonchev–Trinajstić information content (AvgIpc) is 3.27. The van der Waals surface area contributed by atoms with Crippen molar-refractivity contribution in [3.63, 3.8) is 0 Å². The molecule has 4 rings (SSSR count). The van der Waals surface area contributed by atoms with E-state index in [1.54, 1.807) is 11.0 Å². The highest BCUT2D eigenvalue weighted by Crippen LogP contribution is 2.43. The van der Waals surface area contributed by atoms with Gasteiger partial charge in [-0.2, -0.15) is 18.3 Å². The van der Waals surface area contributed by atoms with Crippen molar-refractivity contribution in [3.8, 4) is 23.1 Å². The highest BCUT2D eigenvalue weighted by Gasteiger charge is 2.39. The number of aromatic hydroxyl groups is 1. The van der Waals surface area contributed by atoms with Crippen molar-refractivity contribution in [2.24, 2.45) is 5.10 Å². The highest BCUT2D eigenvalue weighted by molar-refractivity contribution is 6.33. The minimum absolute atomic E-state index is 0.0223. The lowest BCUT2D eigenvalue weighted by Crippen LogP contribution is -2.32. The van der Waals surface area contributed by atoms with Crippen molar-refractivity contribution < 1.29 is 37.2 Å². The Bertz CT molecular complexity index is 1320. The van der Waals surface area contributed by atoms with Gasteiger partial charge in [0.25, 0.3) is 0 Å². The summed E-state index contributed by atoms with van der Waals surface area (Å²) in [6.07, 6.45) is -5.56. The molecule has 2 heterocycles. The number of halogens is 5. The molecule has 2 N–H and O–H groups in total. The number of hydrogen-bond donors (Lipinski definition) is 2. The van der Waals surface area contributed by atoms with Gasteiger partial charge in [-0.25, -0.2) is 14.4 Å². The van der Waals surface area contributed by atoms with Crippen LogP contribution in [-0.4, -0.2) is 58.0 Å². The van der Waals surface area contributed by atoms with Crippen LogP contribution in [0.3, 0.4) is 0 Å². The lowest BCUT2D eigenvalue weighted by molar-refractivity contribution is -0.189. The molecule has 0 bridgehead atoms. The molecule has 0 aliphatic carbocycles. The van der Waals surface area contributed by atoms with Crippen LogP contribution in [0.1, 0.15) is 13.8 Å². The molecular weight excluding hydrogens is 508 g/mol. The number of rotatable bonds is 7. The summed E-state index contributed by atoms with van der Waals surface area (Å²) in [5.41, 5.74) is 0.382. The third kappa shape index (κ3) is 4.91. The number of pyridine rings is 1. The molecule has 0 spiro atoms. The number of benzene rings is 2. The zero-order valence-corrected chi connectivity index (χ0v) is 19.8. The number of hydrazone groups is 1. The maximum absolute atomic E-state index is 14.4. The number of aromatic nitrogens is 1. The lowest BCUT2D eigenvalue weighted by Gasteiger charge is -2.23. The van der Waals surface area contributed by atoms with Gasteiger partial charge >= 0.3 is 6.18 Å². The summed E-state index contributed by atoms with van der Waals surface area (Å²) in [7, 11) is 0. The first-order valence-corrected chi connectivity index (χ1v) is 11.1. The average molecular weight is 529 g/mol. The van der Waals surface area contributed by atoms with Crippen LogP contribution in [0.5, 0.6) is 23.1 Å². The van der Waals surface area contributed by atoms with E-state index in [2.05, 4.69) is 10.1 Å². The van der Waals surface area contributed by atoms with Crippen LogP contribution in [0.25, 0.3) is 10.8 Å². The van der Waals surface area contributed by atoms with Gasteiger partial charge in [-0.05, 0) is 43.5 Å². The van der Waals surface area contributed by atoms with Crippen molar-refractivity contribution in [2.75, 3.05) is 24.8 Å². The van der Waals surface area contributed by atoms with Gasteiger partial charge in [0.2, 0.25) is 5.88 Å². The Hall–Kier alpha value is -3.51. The maximum atomic E-state index is 14.4. The molecule has 1 aliphatic heterocycles. The molecule has 2 aromatic carbocycles. The van der Waals surface area contributed by atoms with Crippen LogP contribution in [0, 0.1) is 5.82 Å². The lowest BCUT2D eigenvalue weighted by atomic mass is 10.1. The van der Waals surface area contributed by atoms with E-state index < -0.39 is 34.6 Å². The van der Waals surface area contributed by atoms with Crippen molar-refractivity contribution in [1.29, 1.82) is 0 Å². The number of phenols is 1. The quantitative estimate of drug-likeness (QED) is 0.404. The van der Waals surface area contributed by atoms with E-state index in [0.29, 0.717) is 23.5 Å². The Morgan fingerprint density at radius 3 is 2.61 bits per heavy atom. The number of aliphatic hydroxyl groups is 1. The van der Waals surface area contributed by atoms with Crippen molar-refractivity contribution in [1.82, 2.24) is 9.88 Å². The summed E-state index contributed by atoms with van der Waals surface area (Å²) in [5.74, 6) is -2.05. The van der Waals surface area contributed by atoms with Crippen LogP contribution in [0.15, 0.2) is 41.6 Å². The van der Waals surface area contributed by atoms with E-state index in [9.17, 15) is 27.8 Å². The predicted molar refractivity (Wildman–Crippen MR) is 125 cm³/mol. The number of hydrogen-bond acceptors (Lipinski definition) is 8. The molecule has 0 radical (unpaired) electrons. The molecule has 36 heavy (non-hydrogen) atoms. The van der Waals surface area contributed by atoms with E-state index in [4.69, 9.17) is 21.1 Å². The number of ether oxygens (including phenoxy) is 2. The topological polar surface area (TPSA) is 90.7 Å². The molecule has 8 nitrogen and oxygen atoms in total. The van der Waals surface area contributed by atoms with Crippen molar-refractivity contribution >= 4 is 33.9 Å². The maximum Gasteiger partial charge on any atom is 0.425 e. The smallest absolute Gasteiger partial charge is 0.425 e. The molecule has 192 valence electrons. The van der Waals surface area contributed by atoms with E-state index in [-0.39, 0.29) is 30.3 Å². The number of fused-ring (bicyclic) bond motifs is 1. The summed E-state index contributed by atoms with van der Waals surface area (Å²) < 4.78 is 65.5. The second kappa shape index (κ2) is 9.86. The molecule has 0 saturated carbocycles. The van der Waals surface area contributed by atoms with Gasteiger partial charge in [0.15, 0.2) is 23.5 Å². The summed E-state index contributed by atoms with van der Waals surface area (Å²) in [5, 5.41) is 25.2. The van der Waals surface area contributed by atoms with Crippen LogP contribution < -0.4 is 14.5 Å². The molecule has 13 heteroatoms. The van der Waals surface area contributed by atoms with Crippen LogP contribution in [0.4, 0.5) is 23.2 Å². The van der Waals surface area contributed by atoms with Gasteiger partial charge in [-0.3, -0.25) is 0 Å². The molecule has 3 aromatic rings. The first kappa shape index (κ1) is 25.6. The standard InChI is InChI=1S/C23H21ClF4N4O4/c1-3-31-11-32(30-18(31)10-33)14-8-13-6-7-29-22(36-21-15(25)4-5-16(34)20(21)24)19(13)17(9-14)35-12(2)23(26,27)28/h4-9,12,33-34H,3,10-11H2,1-2H3/t12-/m0/s1. The minimum Gasteiger partial charge on any atom is -0.506 e. The second-order valence-corrected chi connectivity index (χ2v) is 8.22. The van der Waals surface area contributed by atoms with Crippen LogP contribution >= 0.6 is 11.6 Å². The van der Waals surface area contributed by atoms with Gasteiger partial charge < -0.3 is 24.6 Å². The SMILES string of the molecule is CCN1CN(c2cc(O[C@@H](C)C(F)(F)F)c3c(Oc4c(F)ccc(O)c4Cl)nccc3c2)N=C1CO. The Morgan fingerprint density at radius 1 is 1.22 bits per heavy atom. The summed E-state index contributed by atoms with van der Waals surface area (Å²) in [4.78, 5) is 5.84. The largest absolute Gasteiger partial charge is 0.506 e. The van der Waals surface area contributed by atoms with Crippen LogP contribution in [0.2, 0.25) is 5.02 Å². The fourth-order valence-electron chi connectivity index (χ4n) is 3.55. The van der Waals surface area contributed by atoms with Gasteiger partial charge in [0, 0.05) is 18.8 Å². The van der Waals surface area contributed by atoms with Crippen molar-refractivity contribution in [2.45, 2.75) is 26.1 Å². The minimum atomic E-state index is -4.68. The predicted octanol–water partition coefficient (Wildman–Crippen LogP) is 5.26. The Kier molecular flexibility index (Phi) is 7.01. The van der Waals surface area contributed by atoms with E-state index in [1.807, 2.05) is 6.92 Å². The Morgan fingerprint density at radius 2 is 1.97 bits per heavy atom. The number of alkyl halides is 3. The Balaban J connectivity index is 1.86. The molecular formula is C23H21ClF4N4O4. The van der Waals surface area contributed by atoms with E-state index >= 15 is 0 Å². The number of phenolic OH excluding ortho intramolecular Hbond substituents is 1. The Labute approximate surface area is 207 Å². The molecule has 0 saturated heterocycles. The van der Waals surface area contributed by atoms with Gasteiger partial charge in [0.1, 0.15) is 29.8 Å². The number of nitrogens with zero attached hydrogens (tertiary/aromatic N) is 4. The summed E-state index contributed by atoms with van der Waals surface area (Å²) in [6, 6.07) is 6.42. The molecule has 1 aromatic heterocycles. The summed E-state index contributed by atoms with van der Waals surface area (Å²) >= 11 is 5.98. The monoisotopic (exact) mass is 528 g/mol. The number of aliphatic hydroxyl groups excluding tert-OH is 1. The molecule has 1 atom stereocenters. The first-order valence-electron chi connectivity index (χ1n) is 10.7. The third-order valence-electron chi connectivity index (χ3n) is 5.50.